The number of anilines is 1. The largest absolute Gasteiger partial charge is 0.487 e. The van der Waals surface area contributed by atoms with E-state index in [0.29, 0.717) is 16.8 Å². The van der Waals surface area contributed by atoms with E-state index in [1.54, 1.807) is 13.0 Å². The van der Waals surface area contributed by atoms with Crippen molar-refractivity contribution in [1.82, 2.24) is 4.98 Å². The van der Waals surface area contributed by atoms with Gasteiger partial charge >= 0.3 is 11.4 Å². The summed E-state index contributed by atoms with van der Waals surface area (Å²) in [4.78, 5) is 36.5. The summed E-state index contributed by atoms with van der Waals surface area (Å²) in [5, 5.41) is 13.7. The van der Waals surface area contributed by atoms with Gasteiger partial charge in [-0.3, -0.25) is 19.9 Å². The van der Waals surface area contributed by atoms with E-state index in [2.05, 4.69) is 10.3 Å². The van der Waals surface area contributed by atoms with Crippen LogP contribution in [0.4, 0.5) is 11.4 Å². The Labute approximate surface area is 140 Å². The average molecular weight is 343 g/mol. The van der Waals surface area contributed by atoms with Crippen molar-refractivity contribution in [1.29, 1.82) is 0 Å². The SMILES string of the molecule is CCOc1ccc(C(=O)Nc2ccc3oc(=O)[nH]c3c2)cc1[N+](=O)[O-]. The number of H-pyrrole nitrogens is 1. The molecule has 0 aliphatic carbocycles. The molecule has 0 atom stereocenters. The third-order valence-electron chi connectivity index (χ3n) is 3.39. The number of carbonyl (C=O) groups excluding carboxylic acids is 1. The van der Waals surface area contributed by atoms with Crippen molar-refractivity contribution >= 4 is 28.4 Å². The zero-order valence-corrected chi connectivity index (χ0v) is 13.1. The van der Waals surface area contributed by atoms with E-state index in [1.807, 2.05) is 0 Å². The van der Waals surface area contributed by atoms with Gasteiger partial charge in [0.1, 0.15) is 0 Å². The monoisotopic (exact) mass is 343 g/mol. The van der Waals surface area contributed by atoms with E-state index in [0.717, 1.165) is 6.07 Å². The first kappa shape index (κ1) is 16.2. The smallest absolute Gasteiger partial charge is 0.417 e. The summed E-state index contributed by atoms with van der Waals surface area (Å²) >= 11 is 0. The van der Waals surface area contributed by atoms with Gasteiger partial charge in [-0.05, 0) is 37.3 Å². The fourth-order valence-electron chi connectivity index (χ4n) is 2.31. The molecule has 0 bridgehead atoms. The van der Waals surface area contributed by atoms with E-state index in [9.17, 15) is 19.7 Å². The lowest BCUT2D eigenvalue weighted by Gasteiger charge is -2.07. The minimum Gasteiger partial charge on any atom is -0.487 e. The van der Waals surface area contributed by atoms with Crippen molar-refractivity contribution in [3.8, 4) is 5.75 Å². The zero-order valence-electron chi connectivity index (χ0n) is 13.1. The van der Waals surface area contributed by atoms with E-state index in [1.165, 1.54) is 24.3 Å². The fourth-order valence-corrected chi connectivity index (χ4v) is 2.31. The molecule has 3 rings (SSSR count). The Kier molecular flexibility index (Phi) is 4.21. The number of hydrogen-bond acceptors (Lipinski definition) is 6. The van der Waals surface area contributed by atoms with E-state index in [4.69, 9.17) is 9.15 Å². The number of amides is 1. The highest BCUT2D eigenvalue weighted by Gasteiger charge is 2.19. The second-order valence-electron chi connectivity index (χ2n) is 5.05. The Morgan fingerprint density at radius 2 is 2.12 bits per heavy atom. The van der Waals surface area contributed by atoms with Gasteiger partial charge < -0.3 is 14.5 Å². The lowest BCUT2D eigenvalue weighted by atomic mass is 10.1. The highest BCUT2D eigenvalue weighted by Crippen LogP contribution is 2.28. The van der Waals surface area contributed by atoms with Crippen LogP contribution in [0.3, 0.4) is 0 Å². The van der Waals surface area contributed by atoms with Crippen LogP contribution in [0.5, 0.6) is 5.75 Å². The van der Waals surface area contributed by atoms with Gasteiger partial charge in [-0.1, -0.05) is 0 Å². The lowest BCUT2D eigenvalue weighted by molar-refractivity contribution is -0.385. The molecule has 9 heteroatoms. The minimum atomic E-state index is -0.607. The molecule has 0 unspecified atom stereocenters. The highest BCUT2D eigenvalue weighted by atomic mass is 16.6. The van der Waals surface area contributed by atoms with Crippen LogP contribution < -0.4 is 15.8 Å². The minimum absolute atomic E-state index is 0.0986. The second kappa shape index (κ2) is 6.48. The third-order valence-corrected chi connectivity index (χ3v) is 3.39. The van der Waals surface area contributed by atoms with Gasteiger partial charge in [0.25, 0.3) is 5.91 Å². The number of fused-ring (bicyclic) bond motifs is 1. The van der Waals surface area contributed by atoms with Crippen LogP contribution in [0.15, 0.2) is 45.6 Å². The summed E-state index contributed by atoms with van der Waals surface area (Å²) in [6.45, 7) is 1.98. The maximum absolute atomic E-state index is 12.3. The summed E-state index contributed by atoms with van der Waals surface area (Å²) in [5.41, 5.74) is 1.02. The van der Waals surface area contributed by atoms with Crippen LogP contribution in [0, 0.1) is 10.1 Å². The number of rotatable bonds is 5. The van der Waals surface area contributed by atoms with Crippen LogP contribution in [0.1, 0.15) is 17.3 Å². The normalized spacial score (nSPS) is 10.6. The highest BCUT2D eigenvalue weighted by molar-refractivity contribution is 6.05. The van der Waals surface area contributed by atoms with Crippen LogP contribution in [-0.4, -0.2) is 22.4 Å². The molecule has 0 saturated heterocycles. The van der Waals surface area contributed by atoms with Crippen molar-refractivity contribution in [2.75, 3.05) is 11.9 Å². The fraction of sp³-hybridized carbons (Fsp3) is 0.125. The number of nitro benzene ring substituents is 1. The number of nitrogens with zero attached hydrogens (tertiary/aromatic N) is 1. The first-order valence-electron chi connectivity index (χ1n) is 7.33. The number of nitro groups is 1. The topological polar surface area (TPSA) is 127 Å². The summed E-state index contributed by atoms with van der Waals surface area (Å²) in [6, 6.07) is 8.59. The molecule has 0 radical (unpaired) electrons. The van der Waals surface area contributed by atoms with Gasteiger partial charge in [0, 0.05) is 17.3 Å². The summed E-state index contributed by atoms with van der Waals surface area (Å²) in [5.74, 6) is -1.03. The molecule has 0 spiro atoms. The summed E-state index contributed by atoms with van der Waals surface area (Å²) < 4.78 is 10.1. The molecule has 1 heterocycles. The summed E-state index contributed by atoms with van der Waals surface area (Å²) in [6.07, 6.45) is 0. The van der Waals surface area contributed by atoms with Crippen LogP contribution in [0.2, 0.25) is 0 Å². The summed E-state index contributed by atoms with van der Waals surface area (Å²) in [7, 11) is 0. The number of oxazole rings is 1. The van der Waals surface area contributed by atoms with Crippen molar-refractivity contribution in [2.24, 2.45) is 0 Å². The molecular formula is C16H13N3O6. The molecule has 0 aliphatic rings. The molecule has 9 nitrogen and oxygen atoms in total. The molecule has 0 aliphatic heterocycles. The number of carbonyl (C=O) groups is 1. The molecular weight excluding hydrogens is 330 g/mol. The third kappa shape index (κ3) is 3.34. The molecule has 128 valence electrons. The molecule has 2 aromatic carbocycles. The standard InChI is InChI=1S/C16H13N3O6/c1-2-24-14-5-3-9(7-12(14)19(22)23)15(20)17-10-4-6-13-11(8-10)18-16(21)25-13/h3-8H,2H2,1H3,(H,17,20)(H,18,21). The van der Waals surface area contributed by atoms with Crippen LogP contribution >= 0.6 is 0 Å². The van der Waals surface area contributed by atoms with Crippen LogP contribution in [-0.2, 0) is 0 Å². The first-order valence-corrected chi connectivity index (χ1v) is 7.33. The molecule has 0 fully saturated rings. The molecule has 2 N–H and O–H groups in total. The molecule has 3 aromatic rings. The quantitative estimate of drug-likeness (QED) is 0.541. The Hall–Kier alpha value is -3.62. The molecule has 1 amide bonds. The first-order chi connectivity index (χ1) is 12.0. The predicted molar refractivity (Wildman–Crippen MR) is 89.1 cm³/mol. The van der Waals surface area contributed by atoms with E-state index in [-0.39, 0.29) is 23.6 Å². The van der Waals surface area contributed by atoms with Crippen molar-refractivity contribution in [3.05, 3.63) is 62.6 Å². The Bertz CT molecular complexity index is 1020. The van der Waals surface area contributed by atoms with Crippen LogP contribution in [0.25, 0.3) is 11.1 Å². The van der Waals surface area contributed by atoms with Gasteiger partial charge in [-0.15, -0.1) is 0 Å². The van der Waals surface area contributed by atoms with E-state index >= 15 is 0 Å². The Morgan fingerprint density at radius 1 is 1.32 bits per heavy atom. The van der Waals surface area contributed by atoms with E-state index < -0.39 is 16.6 Å². The lowest BCUT2D eigenvalue weighted by Crippen LogP contribution is -2.12. The number of nitrogens with one attached hydrogen (secondary N) is 2. The van der Waals surface area contributed by atoms with Gasteiger partial charge in [0.05, 0.1) is 17.0 Å². The maximum Gasteiger partial charge on any atom is 0.417 e. The molecule has 0 saturated carbocycles. The number of aromatic nitrogens is 1. The van der Waals surface area contributed by atoms with Crippen molar-refractivity contribution < 1.29 is 18.9 Å². The van der Waals surface area contributed by atoms with Gasteiger partial charge in [0.2, 0.25) is 0 Å². The van der Waals surface area contributed by atoms with Crippen molar-refractivity contribution in [2.45, 2.75) is 6.92 Å². The Morgan fingerprint density at radius 3 is 2.84 bits per heavy atom. The molecule has 1 aromatic heterocycles. The van der Waals surface area contributed by atoms with Gasteiger partial charge in [-0.2, -0.15) is 0 Å². The van der Waals surface area contributed by atoms with Crippen molar-refractivity contribution in [3.63, 3.8) is 0 Å². The number of hydrogen-bond donors (Lipinski definition) is 2. The Balaban J connectivity index is 1.87. The molecule has 25 heavy (non-hydrogen) atoms. The number of ether oxygens (including phenoxy) is 1. The average Bonchev–Trinajstić information content (AvgIpc) is 2.94. The number of benzene rings is 2. The van der Waals surface area contributed by atoms with Gasteiger partial charge in [-0.25, -0.2) is 4.79 Å². The maximum atomic E-state index is 12.3. The second-order valence-corrected chi connectivity index (χ2v) is 5.05. The predicted octanol–water partition coefficient (Wildman–Crippen LogP) is 2.68. The number of aromatic amines is 1. The zero-order chi connectivity index (χ0) is 18.0. The van der Waals surface area contributed by atoms with Gasteiger partial charge in [0.15, 0.2) is 11.3 Å².